The van der Waals surface area contributed by atoms with Crippen LogP contribution >= 0.6 is 0 Å². The van der Waals surface area contributed by atoms with Crippen molar-refractivity contribution in [1.82, 2.24) is 9.97 Å². The molecule has 0 aliphatic carbocycles. The zero-order chi connectivity index (χ0) is 13.3. The van der Waals surface area contributed by atoms with Crippen molar-refractivity contribution < 1.29 is 19.4 Å². The number of nitrogens with zero attached hydrogens (tertiary/aromatic N) is 2. The van der Waals surface area contributed by atoms with E-state index in [1.165, 1.54) is 7.11 Å². The highest BCUT2D eigenvalue weighted by molar-refractivity contribution is 5.98. The molecule has 1 aromatic heterocycles. The second kappa shape index (κ2) is 4.47. The minimum absolute atomic E-state index is 0.00790. The van der Waals surface area contributed by atoms with E-state index in [4.69, 9.17) is 0 Å². The van der Waals surface area contributed by atoms with Gasteiger partial charge in [-0.05, 0) is 0 Å². The zero-order valence-electron chi connectivity index (χ0n) is 9.54. The maximum Gasteiger partial charge on any atom is 0.311 e. The van der Waals surface area contributed by atoms with E-state index in [1.807, 2.05) is 0 Å². The van der Waals surface area contributed by atoms with Crippen LogP contribution in [0, 0.1) is 5.92 Å². The van der Waals surface area contributed by atoms with Gasteiger partial charge in [0.1, 0.15) is 0 Å². The molecule has 96 valence electrons. The van der Waals surface area contributed by atoms with Gasteiger partial charge in [-0.15, -0.1) is 0 Å². The van der Waals surface area contributed by atoms with Crippen LogP contribution in [0.2, 0.25) is 0 Å². The summed E-state index contributed by atoms with van der Waals surface area (Å²) in [4.78, 5) is 41.3. The SMILES string of the molecule is COC(=O)C1CC(=O)N(c2nc(O)cc(=O)[nH]2)C1. The first kappa shape index (κ1) is 12.1. The van der Waals surface area contributed by atoms with Crippen molar-refractivity contribution in [3.05, 3.63) is 16.4 Å². The van der Waals surface area contributed by atoms with E-state index in [2.05, 4.69) is 14.7 Å². The largest absolute Gasteiger partial charge is 0.493 e. The lowest BCUT2D eigenvalue weighted by Crippen LogP contribution is -2.29. The molecule has 8 heteroatoms. The molecular formula is C10H11N3O5. The quantitative estimate of drug-likeness (QED) is 0.654. The van der Waals surface area contributed by atoms with Crippen molar-refractivity contribution >= 4 is 17.8 Å². The fourth-order valence-electron chi connectivity index (χ4n) is 1.80. The molecule has 18 heavy (non-hydrogen) atoms. The Labute approximate surface area is 101 Å². The summed E-state index contributed by atoms with van der Waals surface area (Å²) in [6.45, 7) is 0.0674. The molecule has 1 aromatic rings. The van der Waals surface area contributed by atoms with E-state index >= 15 is 0 Å². The summed E-state index contributed by atoms with van der Waals surface area (Å²) >= 11 is 0. The number of carbonyl (C=O) groups excluding carboxylic acids is 2. The number of carbonyl (C=O) groups is 2. The minimum Gasteiger partial charge on any atom is -0.493 e. The Kier molecular flexibility index (Phi) is 3.00. The number of H-pyrrole nitrogens is 1. The van der Waals surface area contributed by atoms with Gasteiger partial charge in [0.05, 0.1) is 19.1 Å². The van der Waals surface area contributed by atoms with Gasteiger partial charge < -0.3 is 9.84 Å². The van der Waals surface area contributed by atoms with Crippen LogP contribution in [0.5, 0.6) is 5.88 Å². The molecule has 0 spiro atoms. The van der Waals surface area contributed by atoms with Gasteiger partial charge in [0.2, 0.25) is 17.7 Å². The Balaban J connectivity index is 2.27. The molecule has 8 nitrogen and oxygen atoms in total. The number of aromatic amines is 1. The number of hydrogen-bond donors (Lipinski definition) is 2. The van der Waals surface area contributed by atoms with E-state index < -0.39 is 23.3 Å². The van der Waals surface area contributed by atoms with Crippen LogP contribution in [0.4, 0.5) is 5.95 Å². The molecule has 0 aromatic carbocycles. The van der Waals surface area contributed by atoms with Gasteiger partial charge in [-0.3, -0.25) is 24.3 Å². The summed E-state index contributed by atoms with van der Waals surface area (Å²) in [5.74, 6) is -2.00. The Bertz CT molecular complexity index is 553. The zero-order valence-corrected chi connectivity index (χ0v) is 9.54. The first-order valence-corrected chi connectivity index (χ1v) is 5.20. The molecule has 1 aliphatic heterocycles. The van der Waals surface area contributed by atoms with Crippen molar-refractivity contribution in [2.45, 2.75) is 6.42 Å². The third-order valence-corrected chi connectivity index (χ3v) is 2.63. The summed E-state index contributed by atoms with van der Waals surface area (Å²) < 4.78 is 4.55. The summed E-state index contributed by atoms with van der Waals surface area (Å²) in [5, 5.41) is 9.20. The van der Waals surface area contributed by atoms with Crippen LogP contribution in [0.3, 0.4) is 0 Å². The highest BCUT2D eigenvalue weighted by Gasteiger charge is 2.37. The molecule has 1 saturated heterocycles. The van der Waals surface area contributed by atoms with E-state index in [0.717, 1.165) is 11.0 Å². The molecule has 0 bridgehead atoms. The number of rotatable bonds is 2. The van der Waals surface area contributed by atoms with Crippen LogP contribution in [-0.2, 0) is 14.3 Å². The third-order valence-electron chi connectivity index (χ3n) is 2.63. The number of amides is 1. The second-order valence-electron chi connectivity index (χ2n) is 3.86. The molecule has 1 amide bonds. The maximum absolute atomic E-state index is 11.7. The van der Waals surface area contributed by atoms with E-state index in [1.54, 1.807) is 0 Å². The van der Waals surface area contributed by atoms with Gasteiger partial charge in [-0.2, -0.15) is 4.98 Å². The predicted octanol–water partition coefficient (Wildman–Crippen LogP) is -0.999. The number of nitrogens with one attached hydrogen (secondary N) is 1. The molecule has 0 radical (unpaired) electrons. The standard InChI is InChI=1S/C10H11N3O5/c1-18-9(17)5-2-8(16)13(4-5)10-11-6(14)3-7(15)12-10/h3,5H,2,4H2,1H3,(H2,11,12,14,15). The number of aromatic hydroxyl groups is 1. The smallest absolute Gasteiger partial charge is 0.311 e. The van der Waals surface area contributed by atoms with Crippen LogP contribution in [-0.4, -0.2) is 40.6 Å². The average Bonchev–Trinajstić information content (AvgIpc) is 2.69. The predicted molar refractivity (Wildman–Crippen MR) is 59.0 cm³/mol. The Morgan fingerprint density at radius 2 is 2.33 bits per heavy atom. The first-order valence-electron chi connectivity index (χ1n) is 5.20. The number of esters is 1. The second-order valence-corrected chi connectivity index (χ2v) is 3.86. The number of methoxy groups -OCH3 is 1. The lowest BCUT2D eigenvalue weighted by Gasteiger charge is -2.14. The molecule has 2 N–H and O–H groups in total. The molecule has 1 fully saturated rings. The van der Waals surface area contributed by atoms with Crippen molar-refractivity contribution in [2.24, 2.45) is 5.92 Å². The molecule has 2 rings (SSSR count). The number of ether oxygens (including phenoxy) is 1. The first-order chi connectivity index (χ1) is 8.51. The number of hydrogen-bond acceptors (Lipinski definition) is 6. The maximum atomic E-state index is 11.7. The molecule has 2 heterocycles. The van der Waals surface area contributed by atoms with E-state index in [9.17, 15) is 19.5 Å². The normalized spacial score (nSPS) is 19.1. The van der Waals surface area contributed by atoms with Gasteiger partial charge in [0.15, 0.2) is 0 Å². The topological polar surface area (TPSA) is 113 Å². The minimum atomic E-state index is -0.588. The highest BCUT2D eigenvalue weighted by Crippen LogP contribution is 2.23. The molecular weight excluding hydrogens is 242 g/mol. The Hall–Kier alpha value is -2.38. The van der Waals surface area contributed by atoms with Crippen LogP contribution in [0.15, 0.2) is 10.9 Å². The summed E-state index contributed by atoms with van der Waals surface area (Å²) in [6, 6.07) is 0.891. The van der Waals surface area contributed by atoms with Gasteiger partial charge >= 0.3 is 5.97 Å². The van der Waals surface area contributed by atoms with Crippen LogP contribution in [0.25, 0.3) is 0 Å². The number of anilines is 1. The summed E-state index contributed by atoms with van der Waals surface area (Å²) in [5.41, 5.74) is -0.577. The third kappa shape index (κ3) is 2.17. The average molecular weight is 253 g/mol. The Morgan fingerprint density at radius 3 is 2.94 bits per heavy atom. The number of aromatic nitrogens is 2. The van der Waals surface area contributed by atoms with Crippen LogP contribution < -0.4 is 10.5 Å². The van der Waals surface area contributed by atoms with Crippen molar-refractivity contribution in [3.8, 4) is 5.88 Å². The summed E-state index contributed by atoms with van der Waals surface area (Å²) in [7, 11) is 1.24. The van der Waals surface area contributed by atoms with Gasteiger partial charge in [0, 0.05) is 13.0 Å². The molecule has 1 atom stereocenters. The van der Waals surface area contributed by atoms with Gasteiger partial charge in [0.25, 0.3) is 5.56 Å². The van der Waals surface area contributed by atoms with Gasteiger partial charge in [-0.1, -0.05) is 0 Å². The van der Waals surface area contributed by atoms with Gasteiger partial charge in [-0.25, -0.2) is 0 Å². The van der Waals surface area contributed by atoms with Crippen molar-refractivity contribution in [1.29, 1.82) is 0 Å². The van der Waals surface area contributed by atoms with E-state index in [0.29, 0.717) is 0 Å². The molecule has 1 aliphatic rings. The fraction of sp³-hybridized carbons (Fsp3) is 0.400. The lowest BCUT2D eigenvalue weighted by atomic mass is 10.1. The molecule has 0 saturated carbocycles. The lowest BCUT2D eigenvalue weighted by molar-refractivity contribution is -0.145. The summed E-state index contributed by atoms with van der Waals surface area (Å²) in [6.07, 6.45) is -0.00790. The van der Waals surface area contributed by atoms with Crippen molar-refractivity contribution in [3.63, 3.8) is 0 Å². The van der Waals surface area contributed by atoms with Crippen molar-refractivity contribution in [2.75, 3.05) is 18.6 Å². The van der Waals surface area contributed by atoms with E-state index in [-0.39, 0.29) is 24.8 Å². The highest BCUT2D eigenvalue weighted by atomic mass is 16.5. The molecule has 1 unspecified atom stereocenters. The van der Waals surface area contributed by atoms with Crippen LogP contribution in [0.1, 0.15) is 6.42 Å². The fourth-order valence-corrected chi connectivity index (χ4v) is 1.80. The monoisotopic (exact) mass is 253 g/mol. The Morgan fingerprint density at radius 1 is 1.61 bits per heavy atom.